The fourth-order valence-corrected chi connectivity index (χ4v) is 2.02. The van der Waals surface area contributed by atoms with Crippen molar-refractivity contribution < 1.29 is 18.9 Å². The van der Waals surface area contributed by atoms with Crippen LogP contribution in [0.1, 0.15) is 18.5 Å². The van der Waals surface area contributed by atoms with Crippen LogP contribution in [-0.2, 0) is 4.79 Å². The van der Waals surface area contributed by atoms with Crippen LogP contribution < -0.4 is 10.6 Å². The third-order valence-corrected chi connectivity index (χ3v) is 3.17. The molecule has 0 aliphatic rings. The van der Waals surface area contributed by atoms with Crippen LogP contribution in [0.2, 0.25) is 0 Å². The lowest BCUT2D eigenvalue weighted by Gasteiger charge is -2.12. The van der Waals surface area contributed by atoms with Crippen molar-refractivity contribution in [1.29, 1.82) is 0 Å². The van der Waals surface area contributed by atoms with E-state index in [-0.39, 0.29) is 18.5 Å². The molecule has 0 heterocycles. The monoisotopic (exact) mass is 291 g/mol. The number of nitrogens with one attached hydrogen (secondary N) is 1. The van der Waals surface area contributed by atoms with Crippen molar-refractivity contribution in [2.75, 3.05) is 11.9 Å². The van der Waals surface area contributed by atoms with Crippen molar-refractivity contribution in [3.63, 3.8) is 0 Å². The second-order valence-electron chi connectivity index (χ2n) is 4.81. The van der Waals surface area contributed by atoms with Crippen LogP contribution in [0.25, 0.3) is 0 Å². The van der Waals surface area contributed by atoms with Gasteiger partial charge < -0.3 is 10.6 Å². The molecular weight excluding hydrogens is 274 g/mol. The Hall–Kier alpha value is -2.27. The summed E-state index contributed by atoms with van der Waals surface area (Å²) in [5.74, 6) is -1.37. The average molecular weight is 291 g/mol. The number of amides is 1. The molecule has 2 rings (SSSR count). The Morgan fingerprint density at radius 3 is 2.57 bits per heavy atom. The van der Waals surface area contributed by atoms with Gasteiger partial charge in [-0.3, -0.25) is 4.79 Å². The third-order valence-electron chi connectivity index (χ3n) is 3.17. The Morgan fingerprint density at radius 1 is 1.19 bits per heavy atom. The van der Waals surface area contributed by atoms with Gasteiger partial charge in [-0.1, -0.05) is 18.2 Å². The van der Waals surface area contributed by atoms with Gasteiger partial charge in [0, 0.05) is 17.3 Å². The summed E-state index contributed by atoms with van der Waals surface area (Å²) < 4.78 is 26.5. The number of halogens is 2. The van der Waals surface area contributed by atoms with Crippen LogP contribution in [0.3, 0.4) is 0 Å². The number of benzene rings is 2. The Labute approximate surface area is 122 Å². The lowest BCUT2D eigenvalue weighted by atomic mass is 10.1. The fraction of sp³-hybridized carbons (Fsp3) is 0.188. The van der Waals surface area contributed by atoms with Crippen molar-refractivity contribution in [3.05, 3.63) is 65.7 Å². The van der Waals surface area contributed by atoms with Gasteiger partial charge in [-0.15, -0.1) is 0 Å². The Morgan fingerprint density at radius 2 is 1.90 bits per heavy atom. The van der Waals surface area contributed by atoms with E-state index in [1.807, 2.05) is 18.2 Å². The first-order valence-electron chi connectivity index (χ1n) is 6.69. The molecule has 0 saturated carbocycles. The maximum absolute atomic E-state index is 13.6. The topological polar surface area (TPSA) is 45.7 Å². The molecule has 21 heavy (non-hydrogen) atoms. The van der Waals surface area contributed by atoms with Crippen LogP contribution in [-0.4, -0.2) is 12.5 Å². The van der Waals surface area contributed by atoms with E-state index in [1.165, 1.54) is 12.1 Å². The minimum absolute atomic E-state index is 0.160. The summed E-state index contributed by atoms with van der Waals surface area (Å²) in [5, 5.41) is 4.45. The number of carbonyl (C=O) groups excluding carboxylic acids is 1. The molecule has 1 atom stereocenters. The number of hydrogen-bond acceptors (Lipinski definition) is 1. The highest BCUT2D eigenvalue weighted by molar-refractivity contribution is 5.91. The van der Waals surface area contributed by atoms with E-state index in [9.17, 15) is 13.6 Å². The average Bonchev–Trinajstić information content (AvgIpc) is 2.46. The predicted molar refractivity (Wildman–Crippen MR) is 76.6 cm³/mol. The minimum atomic E-state index is -0.606. The Bertz CT molecular complexity index is 617. The molecule has 1 amide bonds. The molecule has 3 nitrogen and oxygen atoms in total. The van der Waals surface area contributed by atoms with Crippen LogP contribution in [0.4, 0.5) is 14.5 Å². The molecule has 0 spiro atoms. The predicted octanol–water partition coefficient (Wildman–Crippen LogP) is 2.23. The van der Waals surface area contributed by atoms with Gasteiger partial charge in [0.15, 0.2) is 6.54 Å². The zero-order valence-electron chi connectivity index (χ0n) is 11.6. The first-order valence-corrected chi connectivity index (χ1v) is 6.69. The molecule has 0 bridgehead atoms. The van der Waals surface area contributed by atoms with Gasteiger partial charge >= 0.3 is 0 Å². The minimum Gasteiger partial charge on any atom is -0.332 e. The quantitative estimate of drug-likeness (QED) is 0.872. The SMILES string of the molecule is C[C@H]([NH2+]CC(=O)Nc1ccccc1)c1ccc(F)cc1F. The standard InChI is InChI=1S/C16H16F2N2O/c1-11(14-8-7-12(17)9-15(14)18)19-10-16(21)20-13-5-3-2-4-6-13/h2-9,11,19H,10H2,1H3,(H,20,21)/p+1/t11-/m0/s1. The molecular formula is C16H17F2N2O+. The van der Waals surface area contributed by atoms with E-state index >= 15 is 0 Å². The van der Waals surface area contributed by atoms with Crippen molar-refractivity contribution >= 4 is 11.6 Å². The van der Waals surface area contributed by atoms with Gasteiger partial charge in [-0.25, -0.2) is 8.78 Å². The summed E-state index contributed by atoms with van der Waals surface area (Å²) in [7, 11) is 0. The van der Waals surface area contributed by atoms with Crippen LogP contribution in [0.15, 0.2) is 48.5 Å². The molecule has 2 aromatic carbocycles. The molecule has 3 N–H and O–H groups in total. The molecule has 0 unspecified atom stereocenters. The molecule has 2 aromatic rings. The lowest BCUT2D eigenvalue weighted by molar-refractivity contribution is -0.682. The highest BCUT2D eigenvalue weighted by Crippen LogP contribution is 2.14. The highest BCUT2D eigenvalue weighted by atomic mass is 19.1. The zero-order valence-corrected chi connectivity index (χ0v) is 11.6. The fourth-order valence-electron chi connectivity index (χ4n) is 2.02. The van der Waals surface area contributed by atoms with Crippen molar-refractivity contribution in [2.45, 2.75) is 13.0 Å². The highest BCUT2D eigenvalue weighted by Gasteiger charge is 2.16. The van der Waals surface area contributed by atoms with Gasteiger partial charge in [0.2, 0.25) is 0 Å². The van der Waals surface area contributed by atoms with Gasteiger partial charge in [0.25, 0.3) is 5.91 Å². The summed E-state index contributed by atoms with van der Waals surface area (Å²) in [4.78, 5) is 11.8. The Kier molecular flexibility index (Phi) is 5.00. The third kappa shape index (κ3) is 4.36. The zero-order chi connectivity index (χ0) is 15.2. The number of quaternary nitrogens is 1. The normalized spacial score (nSPS) is 12.0. The van der Waals surface area contributed by atoms with E-state index in [2.05, 4.69) is 5.32 Å². The first kappa shape index (κ1) is 15.1. The summed E-state index contributed by atoms with van der Waals surface area (Å²) in [5.41, 5.74) is 1.10. The molecule has 0 aliphatic heterocycles. The molecule has 0 fully saturated rings. The number of rotatable bonds is 5. The molecule has 0 aromatic heterocycles. The summed E-state index contributed by atoms with van der Waals surface area (Å²) in [6.45, 7) is 1.93. The van der Waals surface area contributed by atoms with Crippen molar-refractivity contribution in [1.82, 2.24) is 0 Å². The van der Waals surface area contributed by atoms with E-state index in [4.69, 9.17) is 0 Å². The maximum Gasteiger partial charge on any atom is 0.279 e. The number of hydrogen-bond donors (Lipinski definition) is 2. The first-order chi connectivity index (χ1) is 10.1. The van der Waals surface area contributed by atoms with E-state index in [0.29, 0.717) is 5.56 Å². The van der Waals surface area contributed by atoms with Gasteiger partial charge in [0.05, 0.1) is 0 Å². The maximum atomic E-state index is 13.6. The lowest BCUT2D eigenvalue weighted by Crippen LogP contribution is -2.86. The molecule has 0 radical (unpaired) electrons. The van der Waals surface area contributed by atoms with Gasteiger partial charge in [-0.2, -0.15) is 0 Å². The molecule has 0 aliphatic carbocycles. The van der Waals surface area contributed by atoms with Crippen LogP contribution in [0.5, 0.6) is 0 Å². The summed E-state index contributed by atoms with van der Waals surface area (Å²) in [6.07, 6.45) is 0. The summed E-state index contributed by atoms with van der Waals surface area (Å²) >= 11 is 0. The molecule has 5 heteroatoms. The smallest absolute Gasteiger partial charge is 0.279 e. The van der Waals surface area contributed by atoms with Gasteiger partial charge in [0.1, 0.15) is 17.7 Å². The van der Waals surface area contributed by atoms with E-state index < -0.39 is 11.6 Å². The van der Waals surface area contributed by atoms with Crippen molar-refractivity contribution in [3.8, 4) is 0 Å². The van der Waals surface area contributed by atoms with Crippen molar-refractivity contribution in [2.24, 2.45) is 0 Å². The molecule has 110 valence electrons. The number of para-hydroxylation sites is 1. The van der Waals surface area contributed by atoms with Crippen LogP contribution in [0, 0.1) is 11.6 Å². The summed E-state index contributed by atoms with van der Waals surface area (Å²) in [6, 6.07) is 12.3. The van der Waals surface area contributed by atoms with E-state index in [0.717, 1.165) is 11.8 Å². The second kappa shape index (κ2) is 6.95. The number of anilines is 1. The Balaban J connectivity index is 1.89. The van der Waals surface area contributed by atoms with Crippen LogP contribution >= 0.6 is 0 Å². The molecule has 0 saturated heterocycles. The number of carbonyl (C=O) groups is 1. The van der Waals surface area contributed by atoms with Gasteiger partial charge in [-0.05, 0) is 31.2 Å². The number of nitrogens with two attached hydrogens (primary N) is 1. The largest absolute Gasteiger partial charge is 0.332 e. The second-order valence-corrected chi connectivity index (χ2v) is 4.81. The van der Waals surface area contributed by atoms with E-state index in [1.54, 1.807) is 24.4 Å².